The van der Waals surface area contributed by atoms with Crippen molar-refractivity contribution in [1.82, 2.24) is 9.88 Å². The van der Waals surface area contributed by atoms with Gasteiger partial charge in [0.05, 0.1) is 7.11 Å². The first-order valence-corrected chi connectivity index (χ1v) is 9.21. The highest BCUT2D eigenvalue weighted by atomic mass is 32.1. The summed E-state index contributed by atoms with van der Waals surface area (Å²) in [6, 6.07) is 11.9. The largest absolute Gasteiger partial charge is 0.494 e. The Kier molecular flexibility index (Phi) is 5.71. The van der Waals surface area contributed by atoms with Gasteiger partial charge in [0.1, 0.15) is 5.01 Å². The van der Waals surface area contributed by atoms with Crippen molar-refractivity contribution in [2.75, 3.05) is 19.5 Å². The van der Waals surface area contributed by atoms with Crippen LogP contribution in [0.4, 0.5) is 14.9 Å². The van der Waals surface area contributed by atoms with E-state index in [1.165, 1.54) is 18.1 Å². The summed E-state index contributed by atoms with van der Waals surface area (Å²) in [5.74, 6) is -0.268. The van der Waals surface area contributed by atoms with Crippen molar-refractivity contribution in [3.05, 3.63) is 64.9 Å². The minimum atomic E-state index is -0.449. The van der Waals surface area contributed by atoms with Crippen LogP contribution in [0.3, 0.4) is 0 Å². The molecule has 140 valence electrons. The van der Waals surface area contributed by atoms with E-state index in [-0.39, 0.29) is 18.3 Å². The zero-order valence-corrected chi connectivity index (χ0v) is 16.1. The number of urea groups is 1. The molecule has 3 rings (SSSR count). The SMILES string of the molecule is COc1ccc(CN(C)C(=O)Nc2cccc(-c3nc(C)cs3)c2)cc1F. The molecule has 0 aliphatic carbocycles. The molecule has 0 saturated carbocycles. The number of nitrogens with one attached hydrogen (secondary N) is 1. The third-order valence-electron chi connectivity index (χ3n) is 3.96. The van der Waals surface area contributed by atoms with E-state index in [9.17, 15) is 9.18 Å². The molecule has 0 saturated heterocycles. The molecule has 2 amide bonds. The van der Waals surface area contributed by atoms with Crippen LogP contribution < -0.4 is 10.1 Å². The first-order chi connectivity index (χ1) is 13.0. The van der Waals surface area contributed by atoms with E-state index in [4.69, 9.17) is 4.74 Å². The van der Waals surface area contributed by atoms with Crippen LogP contribution in [-0.4, -0.2) is 30.1 Å². The number of hydrogen-bond donors (Lipinski definition) is 1. The number of halogens is 1. The molecule has 3 aromatic rings. The molecular formula is C20H20FN3O2S. The monoisotopic (exact) mass is 385 g/mol. The molecule has 0 radical (unpaired) electrons. The number of rotatable bonds is 5. The molecule has 7 heteroatoms. The smallest absolute Gasteiger partial charge is 0.321 e. The summed E-state index contributed by atoms with van der Waals surface area (Å²) in [7, 11) is 3.07. The van der Waals surface area contributed by atoms with Gasteiger partial charge in [-0.25, -0.2) is 14.2 Å². The van der Waals surface area contributed by atoms with Crippen LogP contribution in [0.2, 0.25) is 0 Å². The molecule has 1 aromatic heterocycles. The number of carbonyl (C=O) groups excluding carboxylic acids is 1. The Morgan fingerprint density at radius 1 is 1.30 bits per heavy atom. The normalized spacial score (nSPS) is 10.5. The highest BCUT2D eigenvalue weighted by Gasteiger charge is 2.12. The average molecular weight is 385 g/mol. The fourth-order valence-corrected chi connectivity index (χ4v) is 3.38. The lowest BCUT2D eigenvalue weighted by molar-refractivity contribution is 0.220. The molecule has 0 fully saturated rings. The molecule has 1 heterocycles. The van der Waals surface area contributed by atoms with Crippen LogP contribution in [0.1, 0.15) is 11.3 Å². The number of anilines is 1. The molecule has 0 spiro atoms. The number of hydrogen-bond acceptors (Lipinski definition) is 4. The summed E-state index contributed by atoms with van der Waals surface area (Å²) in [6.07, 6.45) is 0. The molecule has 2 aromatic carbocycles. The van der Waals surface area contributed by atoms with Gasteiger partial charge in [-0.2, -0.15) is 0 Å². The van der Waals surface area contributed by atoms with Crippen molar-refractivity contribution in [2.24, 2.45) is 0 Å². The number of nitrogens with zero attached hydrogens (tertiary/aromatic N) is 2. The number of aromatic nitrogens is 1. The standard InChI is InChI=1S/C20H20FN3O2S/c1-13-12-27-19(22-13)15-5-4-6-16(10-15)23-20(25)24(2)11-14-7-8-18(26-3)17(21)9-14/h4-10,12H,11H2,1-3H3,(H,23,25). The minimum Gasteiger partial charge on any atom is -0.494 e. The quantitative estimate of drug-likeness (QED) is 0.677. The Balaban J connectivity index is 1.67. The van der Waals surface area contributed by atoms with Crippen LogP contribution in [-0.2, 0) is 6.54 Å². The summed E-state index contributed by atoms with van der Waals surface area (Å²) < 4.78 is 18.7. The van der Waals surface area contributed by atoms with Crippen molar-refractivity contribution >= 4 is 23.1 Å². The number of benzene rings is 2. The maximum absolute atomic E-state index is 13.8. The van der Waals surface area contributed by atoms with Crippen LogP contribution in [0, 0.1) is 12.7 Å². The molecule has 0 atom stereocenters. The fourth-order valence-electron chi connectivity index (χ4n) is 2.59. The Labute approximate surface area is 161 Å². The second-order valence-corrected chi connectivity index (χ2v) is 6.99. The lowest BCUT2D eigenvalue weighted by Gasteiger charge is -2.18. The molecular weight excluding hydrogens is 365 g/mol. The number of methoxy groups -OCH3 is 1. The summed E-state index contributed by atoms with van der Waals surface area (Å²) in [5.41, 5.74) is 3.28. The highest BCUT2D eigenvalue weighted by molar-refractivity contribution is 7.13. The van der Waals surface area contributed by atoms with E-state index in [0.717, 1.165) is 16.3 Å². The molecule has 1 N–H and O–H groups in total. The number of amides is 2. The maximum Gasteiger partial charge on any atom is 0.321 e. The van der Waals surface area contributed by atoms with Crippen molar-refractivity contribution in [3.63, 3.8) is 0 Å². The fraction of sp³-hybridized carbons (Fsp3) is 0.200. The molecule has 5 nitrogen and oxygen atoms in total. The van der Waals surface area contributed by atoms with E-state index < -0.39 is 5.82 Å². The van der Waals surface area contributed by atoms with Gasteiger partial charge in [0, 0.05) is 35.9 Å². The van der Waals surface area contributed by atoms with Gasteiger partial charge < -0.3 is 15.0 Å². The first kappa shape index (κ1) is 18.8. The van der Waals surface area contributed by atoms with Crippen LogP contribution in [0.25, 0.3) is 10.6 Å². The topological polar surface area (TPSA) is 54.5 Å². The van der Waals surface area contributed by atoms with Crippen LogP contribution >= 0.6 is 11.3 Å². The first-order valence-electron chi connectivity index (χ1n) is 8.33. The van der Waals surface area contributed by atoms with Crippen LogP contribution in [0.5, 0.6) is 5.75 Å². The second-order valence-electron chi connectivity index (χ2n) is 6.13. The highest BCUT2D eigenvalue weighted by Crippen LogP contribution is 2.26. The van der Waals surface area contributed by atoms with Crippen LogP contribution in [0.15, 0.2) is 47.8 Å². The third kappa shape index (κ3) is 4.62. The van der Waals surface area contributed by atoms with Gasteiger partial charge in [-0.1, -0.05) is 18.2 Å². The number of aryl methyl sites for hydroxylation is 1. The van der Waals surface area contributed by atoms with Gasteiger partial charge in [-0.15, -0.1) is 11.3 Å². The number of carbonyl (C=O) groups is 1. The average Bonchev–Trinajstić information content (AvgIpc) is 3.08. The summed E-state index contributed by atoms with van der Waals surface area (Å²) in [4.78, 5) is 18.4. The predicted octanol–water partition coefficient (Wildman–Crippen LogP) is 4.93. The van der Waals surface area contributed by atoms with Crippen molar-refractivity contribution in [3.8, 4) is 16.3 Å². The zero-order chi connectivity index (χ0) is 19.4. The Morgan fingerprint density at radius 2 is 2.11 bits per heavy atom. The zero-order valence-electron chi connectivity index (χ0n) is 15.3. The van der Waals surface area contributed by atoms with Gasteiger partial charge in [-0.05, 0) is 36.8 Å². The maximum atomic E-state index is 13.8. The molecule has 27 heavy (non-hydrogen) atoms. The Hall–Kier alpha value is -2.93. The van der Waals surface area contributed by atoms with Crippen molar-refractivity contribution in [1.29, 1.82) is 0 Å². The van der Waals surface area contributed by atoms with Crippen molar-refractivity contribution < 1.29 is 13.9 Å². The van der Waals surface area contributed by atoms with Gasteiger partial charge >= 0.3 is 6.03 Å². The molecule has 0 unspecified atom stereocenters. The van der Waals surface area contributed by atoms with E-state index in [1.807, 2.05) is 36.6 Å². The van der Waals surface area contributed by atoms with E-state index in [1.54, 1.807) is 30.5 Å². The minimum absolute atomic E-state index is 0.181. The molecule has 0 aliphatic rings. The summed E-state index contributed by atoms with van der Waals surface area (Å²) in [6.45, 7) is 2.22. The van der Waals surface area contributed by atoms with Gasteiger partial charge in [-0.3, -0.25) is 0 Å². The lowest BCUT2D eigenvalue weighted by Crippen LogP contribution is -2.30. The second kappa shape index (κ2) is 8.18. The van der Waals surface area contributed by atoms with E-state index >= 15 is 0 Å². The number of thiazole rings is 1. The van der Waals surface area contributed by atoms with Gasteiger partial charge in [0.15, 0.2) is 11.6 Å². The summed E-state index contributed by atoms with van der Waals surface area (Å²) >= 11 is 1.56. The van der Waals surface area contributed by atoms with E-state index in [2.05, 4.69) is 10.3 Å². The van der Waals surface area contributed by atoms with Gasteiger partial charge in [0.2, 0.25) is 0 Å². The van der Waals surface area contributed by atoms with Gasteiger partial charge in [0.25, 0.3) is 0 Å². The number of ether oxygens (including phenoxy) is 1. The Morgan fingerprint density at radius 3 is 2.78 bits per heavy atom. The third-order valence-corrected chi connectivity index (χ3v) is 4.97. The van der Waals surface area contributed by atoms with Crippen molar-refractivity contribution in [2.45, 2.75) is 13.5 Å². The molecule has 0 aliphatic heterocycles. The lowest BCUT2D eigenvalue weighted by atomic mass is 10.2. The van der Waals surface area contributed by atoms with E-state index in [0.29, 0.717) is 11.3 Å². The molecule has 0 bridgehead atoms. The summed E-state index contributed by atoms with van der Waals surface area (Å²) in [5, 5.41) is 5.76. The Bertz CT molecular complexity index is 958. The predicted molar refractivity (Wildman–Crippen MR) is 106 cm³/mol.